The van der Waals surface area contributed by atoms with Crippen molar-refractivity contribution in [3.63, 3.8) is 0 Å². The summed E-state index contributed by atoms with van der Waals surface area (Å²) in [6.07, 6.45) is 3.64. The van der Waals surface area contributed by atoms with Crippen LogP contribution in [0.5, 0.6) is 5.75 Å². The first-order chi connectivity index (χ1) is 9.85. The molecule has 0 spiro atoms. The van der Waals surface area contributed by atoms with Gasteiger partial charge in [0.1, 0.15) is 11.3 Å². The van der Waals surface area contributed by atoms with Gasteiger partial charge in [0.2, 0.25) is 0 Å². The van der Waals surface area contributed by atoms with Gasteiger partial charge in [0.15, 0.2) is 5.36 Å². The van der Waals surface area contributed by atoms with Crippen LogP contribution in [0.3, 0.4) is 0 Å². The highest BCUT2D eigenvalue weighted by Crippen LogP contribution is 2.31. The van der Waals surface area contributed by atoms with Gasteiger partial charge in [-0.15, -0.1) is 0 Å². The highest BCUT2D eigenvalue weighted by atomic mass is 16.5. The molecule has 1 N–H and O–H groups in total. The van der Waals surface area contributed by atoms with Gasteiger partial charge in [-0.1, -0.05) is 11.2 Å². The Kier molecular flexibility index (Phi) is 2.12. The lowest BCUT2D eigenvalue weighted by Crippen LogP contribution is -2.11. The van der Waals surface area contributed by atoms with Gasteiger partial charge in [0.25, 0.3) is 0 Å². The third-order valence-corrected chi connectivity index (χ3v) is 3.64. The molecule has 0 atom stereocenters. The van der Waals surface area contributed by atoms with Crippen molar-refractivity contribution in [2.45, 2.75) is 0 Å². The quantitative estimate of drug-likeness (QED) is 0.424. The van der Waals surface area contributed by atoms with Crippen LogP contribution in [0.15, 0.2) is 47.9 Å². The number of hydrogen-bond donors (Lipinski definition) is 1. The number of hydrogen-bond acceptors (Lipinski definition) is 4. The molecular weight excluding hydrogens is 254 g/mol. The van der Waals surface area contributed by atoms with E-state index in [1.54, 1.807) is 13.3 Å². The summed E-state index contributed by atoms with van der Waals surface area (Å²) >= 11 is 0. The fraction of sp³-hybridized carbons (Fsp3) is 0.0667. The molecule has 0 bridgehead atoms. The van der Waals surface area contributed by atoms with Gasteiger partial charge in [-0.25, -0.2) is 0 Å². The minimum absolute atomic E-state index is 0.473. The molecule has 0 aliphatic rings. The lowest BCUT2D eigenvalue weighted by molar-refractivity contribution is 0.303. The normalized spacial score (nSPS) is 12.8. The highest BCUT2D eigenvalue weighted by Gasteiger charge is 2.15. The summed E-state index contributed by atoms with van der Waals surface area (Å²) in [6, 6.07) is 9.65. The Hall–Kier alpha value is -2.82. The van der Waals surface area contributed by atoms with Crippen molar-refractivity contribution >= 4 is 27.3 Å². The lowest BCUT2D eigenvalue weighted by atomic mass is 10.1. The van der Waals surface area contributed by atoms with Gasteiger partial charge >= 0.3 is 0 Å². The Labute approximate surface area is 113 Å². The fourth-order valence-electron chi connectivity index (χ4n) is 2.80. The van der Waals surface area contributed by atoms with Crippen molar-refractivity contribution < 1.29 is 9.94 Å². The molecule has 4 aromatic rings. The second-order valence-corrected chi connectivity index (χ2v) is 4.59. The van der Waals surface area contributed by atoms with Crippen LogP contribution in [0.25, 0.3) is 27.3 Å². The van der Waals surface area contributed by atoms with Crippen LogP contribution < -0.4 is 10.1 Å². The predicted molar refractivity (Wildman–Crippen MR) is 75.3 cm³/mol. The molecule has 3 heterocycles. The van der Waals surface area contributed by atoms with Crippen LogP contribution in [0.1, 0.15) is 0 Å². The Morgan fingerprint density at radius 1 is 1.25 bits per heavy atom. The van der Waals surface area contributed by atoms with Crippen molar-refractivity contribution in [1.82, 2.24) is 9.38 Å². The molecular formula is C15H11N3O2. The summed E-state index contributed by atoms with van der Waals surface area (Å²) in [5.74, 6) is 0.765. The number of benzene rings is 1. The summed E-state index contributed by atoms with van der Waals surface area (Å²) in [6.45, 7) is 0. The lowest BCUT2D eigenvalue weighted by Gasteiger charge is -2.12. The van der Waals surface area contributed by atoms with Crippen molar-refractivity contribution in [2.24, 2.45) is 5.16 Å². The van der Waals surface area contributed by atoms with Crippen molar-refractivity contribution in [1.29, 1.82) is 0 Å². The van der Waals surface area contributed by atoms with Gasteiger partial charge in [-0.05, 0) is 29.7 Å². The van der Waals surface area contributed by atoms with Crippen molar-refractivity contribution in [3.05, 3.63) is 48.1 Å². The number of pyridine rings is 2. The summed E-state index contributed by atoms with van der Waals surface area (Å²) in [4.78, 5) is 4.38. The Balaban J connectivity index is 2.50. The van der Waals surface area contributed by atoms with E-state index >= 15 is 0 Å². The summed E-state index contributed by atoms with van der Waals surface area (Å²) in [5.41, 5.74) is 2.40. The van der Waals surface area contributed by atoms with E-state index in [2.05, 4.69) is 10.1 Å². The number of ether oxygens (including phenoxy) is 1. The van der Waals surface area contributed by atoms with E-state index in [1.165, 1.54) is 0 Å². The van der Waals surface area contributed by atoms with E-state index in [9.17, 15) is 5.21 Å². The van der Waals surface area contributed by atoms with E-state index in [-0.39, 0.29) is 0 Å². The maximum atomic E-state index is 9.36. The molecule has 3 aromatic heterocycles. The number of aromatic nitrogens is 2. The zero-order valence-corrected chi connectivity index (χ0v) is 10.7. The number of nitrogens with zero attached hydrogens (tertiary/aromatic N) is 3. The largest absolute Gasteiger partial charge is 0.495 e. The van der Waals surface area contributed by atoms with Gasteiger partial charge in [0.05, 0.1) is 18.1 Å². The first-order valence-corrected chi connectivity index (χ1v) is 6.21. The summed E-state index contributed by atoms with van der Waals surface area (Å²) < 4.78 is 7.44. The van der Waals surface area contributed by atoms with E-state index in [0.29, 0.717) is 10.9 Å². The predicted octanol–water partition coefficient (Wildman–Crippen LogP) is 2.38. The molecule has 98 valence electrons. The summed E-state index contributed by atoms with van der Waals surface area (Å²) in [7, 11) is 1.65. The highest BCUT2D eigenvalue weighted by molar-refractivity contribution is 6.10. The molecule has 4 rings (SSSR count). The molecule has 20 heavy (non-hydrogen) atoms. The van der Waals surface area contributed by atoms with Crippen molar-refractivity contribution in [3.8, 4) is 5.75 Å². The fourth-order valence-corrected chi connectivity index (χ4v) is 2.80. The molecule has 0 fully saturated rings. The van der Waals surface area contributed by atoms with Crippen LogP contribution in [-0.4, -0.2) is 21.7 Å². The van der Waals surface area contributed by atoms with Gasteiger partial charge < -0.3 is 14.3 Å². The van der Waals surface area contributed by atoms with Gasteiger partial charge in [-0.2, -0.15) is 0 Å². The third-order valence-electron chi connectivity index (χ3n) is 3.64. The molecule has 0 unspecified atom stereocenters. The SMILES string of the molecule is COc1ccc2ccnc3c(=NO)c4cccn4c1c23. The Bertz CT molecular complexity index is 1000. The summed E-state index contributed by atoms with van der Waals surface area (Å²) in [5, 5.41) is 15.2. The average Bonchev–Trinajstić information content (AvgIpc) is 2.97. The first kappa shape index (κ1) is 11.0. The van der Waals surface area contributed by atoms with Gasteiger partial charge in [0, 0.05) is 17.8 Å². The molecule has 0 radical (unpaired) electrons. The standard InChI is InChI=1S/C15H11N3O2/c1-20-11-5-4-9-6-7-16-14-12(9)15(11)18-8-2-3-10(18)13(14)17-19/h2-8,19H,1H3. The Morgan fingerprint density at radius 3 is 2.95 bits per heavy atom. The van der Waals surface area contributed by atoms with Gasteiger partial charge in [-0.3, -0.25) is 4.98 Å². The van der Waals surface area contributed by atoms with E-state index in [0.717, 1.165) is 27.6 Å². The van der Waals surface area contributed by atoms with Crippen LogP contribution in [0.2, 0.25) is 0 Å². The van der Waals surface area contributed by atoms with Crippen LogP contribution >= 0.6 is 0 Å². The zero-order valence-electron chi connectivity index (χ0n) is 10.7. The monoisotopic (exact) mass is 265 g/mol. The molecule has 0 aliphatic carbocycles. The van der Waals surface area contributed by atoms with E-state index in [4.69, 9.17) is 4.74 Å². The van der Waals surface area contributed by atoms with Crippen molar-refractivity contribution in [2.75, 3.05) is 7.11 Å². The van der Waals surface area contributed by atoms with Crippen LogP contribution in [0.4, 0.5) is 0 Å². The van der Waals surface area contributed by atoms with Crippen LogP contribution in [0, 0.1) is 0 Å². The molecule has 0 aliphatic heterocycles. The molecule has 0 saturated heterocycles. The number of fused-ring (bicyclic) bond motifs is 2. The maximum Gasteiger partial charge on any atom is 0.152 e. The second kappa shape index (κ2) is 3.84. The minimum atomic E-state index is 0.473. The zero-order chi connectivity index (χ0) is 13.7. The number of methoxy groups -OCH3 is 1. The minimum Gasteiger partial charge on any atom is -0.495 e. The molecule has 5 nitrogen and oxygen atoms in total. The smallest absolute Gasteiger partial charge is 0.152 e. The van der Waals surface area contributed by atoms with E-state index in [1.807, 2.05) is 40.9 Å². The number of rotatable bonds is 1. The maximum absolute atomic E-state index is 9.36. The van der Waals surface area contributed by atoms with E-state index < -0.39 is 0 Å². The first-order valence-electron chi connectivity index (χ1n) is 6.21. The second-order valence-electron chi connectivity index (χ2n) is 4.59. The molecule has 0 amide bonds. The molecule has 0 saturated carbocycles. The van der Waals surface area contributed by atoms with Crippen LogP contribution in [-0.2, 0) is 0 Å². The average molecular weight is 265 g/mol. The topological polar surface area (TPSA) is 59.1 Å². The molecule has 1 aromatic carbocycles. The Morgan fingerprint density at radius 2 is 2.15 bits per heavy atom. The molecule has 5 heteroatoms. The third kappa shape index (κ3) is 1.21.